The van der Waals surface area contributed by atoms with E-state index in [1.807, 2.05) is 6.07 Å². The minimum Gasteiger partial charge on any atom is -0.477 e. The molecule has 140 valence electrons. The molecule has 0 aliphatic rings. The van der Waals surface area contributed by atoms with Gasteiger partial charge in [0.15, 0.2) is 0 Å². The number of carbonyl (C=O) groups excluding carboxylic acids is 1. The lowest BCUT2D eigenvalue weighted by atomic mass is 10.1. The highest BCUT2D eigenvalue weighted by atomic mass is 19.4. The molecule has 0 aliphatic heterocycles. The number of halogens is 3. The number of carbonyl (C=O) groups is 1. The minimum absolute atomic E-state index is 0.00439. The van der Waals surface area contributed by atoms with Gasteiger partial charge in [0.05, 0.1) is 18.6 Å². The van der Waals surface area contributed by atoms with Crippen molar-refractivity contribution in [3.63, 3.8) is 0 Å². The average Bonchev–Trinajstić information content (AvgIpc) is 2.61. The van der Waals surface area contributed by atoms with Gasteiger partial charge in [-0.2, -0.15) is 13.2 Å². The molecule has 1 amide bonds. The van der Waals surface area contributed by atoms with Crippen molar-refractivity contribution >= 4 is 5.91 Å². The molecule has 1 aromatic carbocycles. The Balaban J connectivity index is 1.89. The molecule has 7 heteroatoms. The number of ether oxygens (including phenoxy) is 1. The zero-order valence-electron chi connectivity index (χ0n) is 14.5. The number of pyridine rings is 1. The van der Waals surface area contributed by atoms with Gasteiger partial charge in [-0.05, 0) is 30.2 Å². The third kappa shape index (κ3) is 6.06. The Morgan fingerprint density at radius 3 is 2.58 bits per heavy atom. The number of amides is 1. The second-order valence-corrected chi connectivity index (χ2v) is 5.82. The van der Waals surface area contributed by atoms with Crippen molar-refractivity contribution in [2.75, 3.05) is 6.61 Å². The van der Waals surface area contributed by atoms with Crippen LogP contribution < -0.4 is 10.1 Å². The first-order valence-electron chi connectivity index (χ1n) is 8.39. The molecule has 0 saturated heterocycles. The highest BCUT2D eigenvalue weighted by Crippen LogP contribution is 2.29. The van der Waals surface area contributed by atoms with E-state index in [-0.39, 0.29) is 18.9 Å². The fourth-order valence-corrected chi connectivity index (χ4v) is 2.26. The fourth-order valence-electron chi connectivity index (χ4n) is 2.26. The molecule has 0 bridgehead atoms. The van der Waals surface area contributed by atoms with Crippen LogP contribution in [0.3, 0.4) is 0 Å². The summed E-state index contributed by atoms with van der Waals surface area (Å²) >= 11 is 0. The van der Waals surface area contributed by atoms with Crippen LogP contribution >= 0.6 is 0 Å². The highest BCUT2D eigenvalue weighted by molar-refractivity contribution is 5.78. The summed E-state index contributed by atoms with van der Waals surface area (Å²) in [5, 5.41) is 2.74. The molecule has 1 N–H and O–H groups in total. The largest absolute Gasteiger partial charge is 0.477 e. The third-order valence-electron chi connectivity index (χ3n) is 3.71. The van der Waals surface area contributed by atoms with Crippen LogP contribution in [0.25, 0.3) is 0 Å². The Morgan fingerprint density at radius 2 is 1.92 bits per heavy atom. The van der Waals surface area contributed by atoms with Crippen LogP contribution in [-0.2, 0) is 23.9 Å². The summed E-state index contributed by atoms with van der Waals surface area (Å²) < 4.78 is 43.2. The first-order valence-corrected chi connectivity index (χ1v) is 8.39. The van der Waals surface area contributed by atoms with Crippen LogP contribution in [-0.4, -0.2) is 17.5 Å². The normalized spacial score (nSPS) is 11.2. The zero-order chi connectivity index (χ0) is 19.0. The summed E-state index contributed by atoms with van der Waals surface area (Å²) in [5.74, 6) is 0.198. The van der Waals surface area contributed by atoms with Crippen molar-refractivity contribution in [2.24, 2.45) is 0 Å². The van der Waals surface area contributed by atoms with Crippen molar-refractivity contribution in [1.29, 1.82) is 0 Å². The number of hydrogen-bond donors (Lipinski definition) is 1. The van der Waals surface area contributed by atoms with Crippen LogP contribution in [0.5, 0.6) is 5.88 Å². The fraction of sp³-hybridized carbons (Fsp3) is 0.368. The number of unbranched alkanes of at least 4 members (excludes halogenated alkanes) is 1. The van der Waals surface area contributed by atoms with Gasteiger partial charge in [-0.25, -0.2) is 4.98 Å². The van der Waals surface area contributed by atoms with E-state index in [0.29, 0.717) is 18.1 Å². The summed E-state index contributed by atoms with van der Waals surface area (Å²) in [6, 6.07) is 8.14. The monoisotopic (exact) mass is 366 g/mol. The smallest absolute Gasteiger partial charge is 0.416 e. The first kappa shape index (κ1) is 19.8. The molecular formula is C19H21F3N2O2. The Hall–Kier alpha value is -2.57. The number of benzene rings is 1. The van der Waals surface area contributed by atoms with Crippen LogP contribution in [0.1, 0.15) is 36.5 Å². The van der Waals surface area contributed by atoms with Gasteiger partial charge in [0, 0.05) is 18.3 Å². The zero-order valence-corrected chi connectivity index (χ0v) is 14.5. The molecule has 4 nitrogen and oxygen atoms in total. The molecule has 0 unspecified atom stereocenters. The minimum atomic E-state index is -4.38. The maximum Gasteiger partial charge on any atom is 0.416 e. The molecule has 0 saturated carbocycles. The van der Waals surface area contributed by atoms with E-state index >= 15 is 0 Å². The topological polar surface area (TPSA) is 51.2 Å². The van der Waals surface area contributed by atoms with Crippen LogP contribution in [0, 0.1) is 0 Å². The molecule has 0 fully saturated rings. The lowest BCUT2D eigenvalue weighted by Gasteiger charge is -2.11. The maximum atomic E-state index is 12.5. The molecule has 0 radical (unpaired) electrons. The number of rotatable bonds is 8. The third-order valence-corrected chi connectivity index (χ3v) is 3.71. The van der Waals surface area contributed by atoms with E-state index in [1.54, 1.807) is 12.3 Å². The predicted molar refractivity (Wildman–Crippen MR) is 91.6 cm³/mol. The molecular weight excluding hydrogens is 345 g/mol. The van der Waals surface area contributed by atoms with Crippen molar-refractivity contribution in [3.8, 4) is 5.88 Å². The van der Waals surface area contributed by atoms with E-state index in [0.717, 1.165) is 30.5 Å². The Labute approximate surface area is 150 Å². The molecule has 26 heavy (non-hydrogen) atoms. The van der Waals surface area contributed by atoms with Gasteiger partial charge in [-0.3, -0.25) is 4.79 Å². The SMILES string of the molecule is CCCCOc1ncccc1CNC(=O)Cc1ccc(C(F)(F)F)cc1. The second kappa shape index (κ2) is 9.22. The Bertz CT molecular complexity index is 715. The lowest BCUT2D eigenvalue weighted by Crippen LogP contribution is -2.25. The van der Waals surface area contributed by atoms with E-state index in [2.05, 4.69) is 17.2 Å². The second-order valence-electron chi connectivity index (χ2n) is 5.82. The molecule has 0 atom stereocenters. The van der Waals surface area contributed by atoms with E-state index in [9.17, 15) is 18.0 Å². The van der Waals surface area contributed by atoms with Crippen molar-refractivity contribution < 1.29 is 22.7 Å². The summed E-state index contributed by atoms with van der Waals surface area (Å²) in [7, 11) is 0. The summed E-state index contributed by atoms with van der Waals surface area (Å²) in [6.07, 6.45) is -0.836. The van der Waals surface area contributed by atoms with E-state index in [1.165, 1.54) is 12.1 Å². The van der Waals surface area contributed by atoms with Crippen molar-refractivity contribution in [3.05, 3.63) is 59.3 Å². The van der Waals surface area contributed by atoms with Crippen molar-refractivity contribution in [1.82, 2.24) is 10.3 Å². The van der Waals surface area contributed by atoms with Gasteiger partial charge < -0.3 is 10.1 Å². The number of nitrogens with one attached hydrogen (secondary N) is 1. The predicted octanol–water partition coefficient (Wildman–Crippen LogP) is 4.14. The highest BCUT2D eigenvalue weighted by Gasteiger charge is 2.29. The van der Waals surface area contributed by atoms with Crippen molar-refractivity contribution in [2.45, 2.75) is 38.9 Å². The van der Waals surface area contributed by atoms with Gasteiger partial charge in [0.2, 0.25) is 11.8 Å². The molecule has 2 rings (SSSR count). The van der Waals surface area contributed by atoms with Gasteiger partial charge >= 0.3 is 6.18 Å². The van der Waals surface area contributed by atoms with Gasteiger partial charge in [-0.1, -0.05) is 31.5 Å². The van der Waals surface area contributed by atoms with Crippen LogP contribution in [0.2, 0.25) is 0 Å². The standard InChI is InChI=1S/C19H21F3N2O2/c1-2-3-11-26-18-15(5-4-10-23-18)13-24-17(25)12-14-6-8-16(9-7-14)19(20,21)22/h4-10H,2-3,11-13H2,1H3,(H,24,25). The molecule has 1 heterocycles. The number of hydrogen-bond acceptors (Lipinski definition) is 3. The number of nitrogens with zero attached hydrogens (tertiary/aromatic N) is 1. The van der Waals surface area contributed by atoms with Gasteiger partial charge in [0.1, 0.15) is 0 Å². The summed E-state index contributed by atoms with van der Waals surface area (Å²) in [5.41, 5.74) is 0.538. The molecule has 1 aromatic heterocycles. The molecule has 2 aromatic rings. The number of aromatic nitrogens is 1. The summed E-state index contributed by atoms with van der Waals surface area (Å²) in [6.45, 7) is 2.86. The average molecular weight is 366 g/mol. The maximum absolute atomic E-state index is 12.5. The van der Waals surface area contributed by atoms with Gasteiger partial charge in [0.25, 0.3) is 0 Å². The quantitative estimate of drug-likeness (QED) is 0.715. The molecule has 0 aliphatic carbocycles. The van der Waals surface area contributed by atoms with Gasteiger partial charge in [-0.15, -0.1) is 0 Å². The van der Waals surface area contributed by atoms with Crippen LogP contribution in [0.4, 0.5) is 13.2 Å². The van der Waals surface area contributed by atoms with E-state index in [4.69, 9.17) is 4.74 Å². The lowest BCUT2D eigenvalue weighted by molar-refractivity contribution is -0.137. The Morgan fingerprint density at radius 1 is 1.19 bits per heavy atom. The summed E-state index contributed by atoms with van der Waals surface area (Å²) in [4.78, 5) is 16.2. The molecule has 0 spiro atoms. The number of alkyl halides is 3. The van der Waals surface area contributed by atoms with E-state index < -0.39 is 11.7 Å². The Kier molecular flexibility index (Phi) is 7.00. The van der Waals surface area contributed by atoms with Crippen LogP contribution in [0.15, 0.2) is 42.6 Å². The first-order chi connectivity index (χ1) is 12.4.